The number of carbonyl (C=O) groups is 2. The molecule has 4 rings (SSSR count). The Kier molecular flexibility index (Phi) is 5.39. The van der Waals surface area contributed by atoms with Gasteiger partial charge < -0.3 is 19.5 Å². The standard InChI is InChI=1S/C21H20ClNO5/c22-17-10-15(11-18-20(17)27-8-2-7-26-18)21(25)28-12-19(24)23-16-6-5-13-3-1-4-14(13)9-16/h5-6,9-11H,1-4,7-8,12H2,(H,23,24). The average molecular weight is 402 g/mol. The Labute approximate surface area is 167 Å². The molecule has 146 valence electrons. The van der Waals surface area contributed by atoms with E-state index in [9.17, 15) is 9.59 Å². The van der Waals surface area contributed by atoms with Crippen molar-refractivity contribution in [1.82, 2.24) is 0 Å². The smallest absolute Gasteiger partial charge is 0.338 e. The van der Waals surface area contributed by atoms with Gasteiger partial charge in [0.1, 0.15) is 0 Å². The van der Waals surface area contributed by atoms with Crippen LogP contribution in [0.2, 0.25) is 5.02 Å². The number of fused-ring (bicyclic) bond motifs is 2. The van der Waals surface area contributed by atoms with Crippen molar-refractivity contribution in [1.29, 1.82) is 0 Å². The lowest BCUT2D eigenvalue weighted by atomic mass is 10.1. The number of hydrogen-bond donors (Lipinski definition) is 1. The summed E-state index contributed by atoms with van der Waals surface area (Å²) in [6, 6.07) is 8.85. The van der Waals surface area contributed by atoms with Crippen LogP contribution in [0.1, 0.15) is 34.3 Å². The van der Waals surface area contributed by atoms with E-state index in [1.807, 2.05) is 18.2 Å². The van der Waals surface area contributed by atoms with Crippen LogP contribution in [0.15, 0.2) is 30.3 Å². The summed E-state index contributed by atoms with van der Waals surface area (Å²) in [5, 5.41) is 3.03. The number of nitrogens with one attached hydrogen (secondary N) is 1. The first-order valence-corrected chi connectivity index (χ1v) is 9.66. The maximum absolute atomic E-state index is 12.3. The molecule has 28 heavy (non-hydrogen) atoms. The zero-order valence-corrected chi connectivity index (χ0v) is 16.0. The SMILES string of the molecule is O=C(COC(=O)c1cc(Cl)c2c(c1)OCCCO2)Nc1ccc2c(c1)CCC2. The van der Waals surface area contributed by atoms with E-state index in [4.69, 9.17) is 25.8 Å². The fraction of sp³-hybridized carbons (Fsp3) is 0.333. The van der Waals surface area contributed by atoms with Crippen molar-refractivity contribution >= 4 is 29.2 Å². The second-order valence-electron chi connectivity index (χ2n) is 6.80. The topological polar surface area (TPSA) is 73.9 Å². The largest absolute Gasteiger partial charge is 0.489 e. The number of anilines is 1. The van der Waals surface area contributed by atoms with Gasteiger partial charge in [0.05, 0.1) is 23.8 Å². The maximum atomic E-state index is 12.3. The van der Waals surface area contributed by atoms with Crippen LogP contribution < -0.4 is 14.8 Å². The number of amides is 1. The summed E-state index contributed by atoms with van der Waals surface area (Å²) < 4.78 is 16.2. The van der Waals surface area contributed by atoms with Crippen molar-refractivity contribution in [3.63, 3.8) is 0 Å². The molecule has 0 unspecified atom stereocenters. The second-order valence-corrected chi connectivity index (χ2v) is 7.20. The highest BCUT2D eigenvalue weighted by atomic mass is 35.5. The van der Waals surface area contributed by atoms with Crippen molar-refractivity contribution in [2.24, 2.45) is 0 Å². The molecule has 1 aliphatic heterocycles. The van der Waals surface area contributed by atoms with Gasteiger partial charge in [-0.1, -0.05) is 17.7 Å². The summed E-state index contributed by atoms with van der Waals surface area (Å²) in [4.78, 5) is 24.5. The van der Waals surface area contributed by atoms with E-state index in [1.165, 1.54) is 23.3 Å². The number of halogens is 1. The van der Waals surface area contributed by atoms with E-state index < -0.39 is 11.9 Å². The third kappa shape index (κ3) is 4.07. The minimum atomic E-state index is -0.651. The molecule has 1 aliphatic carbocycles. The van der Waals surface area contributed by atoms with E-state index in [0.29, 0.717) is 30.4 Å². The number of carbonyl (C=O) groups excluding carboxylic acids is 2. The van der Waals surface area contributed by atoms with E-state index in [0.717, 1.165) is 25.7 Å². The number of esters is 1. The summed E-state index contributed by atoms with van der Waals surface area (Å²) >= 11 is 6.19. The Morgan fingerprint density at radius 2 is 1.86 bits per heavy atom. The number of hydrogen-bond acceptors (Lipinski definition) is 5. The first kappa shape index (κ1) is 18.6. The van der Waals surface area contributed by atoms with Gasteiger partial charge in [-0.25, -0.2) is 4.79 Å². The van der Waals surface area contributed by atoms with Crippen molar-refractivity contribution in [2.45, 2.75) is 25.7 Å². The van der Waals surface area contributed by atoms with Crippen molar-refractivity contribution in [3.8, 4) is 11.5 Å². The quantitative estimate of drug-likeness (QED) is 0.789. The van der Waals surface area contributed by atoms with Crippen LogP contribution in [0, 0.1) is 0 Å². The van der Waals surface area contributed by atoms with E-state index in [2.05, 4.69) is 5.32 Å². The summed E-state index contributed by atoms with van der Waals surface area (Å²) in [6.45, 7) is 0.590. The van der Waals surface area contributed by atoms with Crippen molar-refractivity contribution < 1.29 is 23.8 Å². The predicted octanol–water partition coefficient (Wildman–Crippen LogP) is 3.79. The molecule has 0 spiro atoms. The molecule has 1 N–H and O–H groups in total. The van der Waals surface area contributed by atoms with Gasteiger partial charge in [-0.2, -0.15) is 0 Å². The summed E-state index contributed by atoms with van der Waals surface area (Å²) in [5.41, 5.74) is 3.51. The van der Waals surface area contributed by atoms with Crippen LogP contribution in [0.5, 0.6) is 11.5 Å². The van der Waals surface area contributed by atoms with Gasteiger partial charge in [0, 0.05) is 12.1 Å². The molecular formula is C21H20ClNO5. The van der Waals surface area contributed by atoms with Crippen LogP contribution in [0.25, 0.3) is 0 Å². The highest BCUT2D eigenvalue weighted by molar-refractivity contribution is 6.32. The Balaban J connectivity index is 1.37. The lowest BCUT2D eigenvalue weighted by molar-refractivity contribution is -0.119. The van der Waals surface area contributed by atoms with E-state index in [-0.39, 0.29) is 17.2 Å². The molecule has 0 bridgehead atoms. The van der Waals surface area contributed by atoms with Crippen LogP contribution in [-0.4, -0.2) is 31.7 Å². The normalized spacial score (nSPS) is 14.8. The molecule has 0 saturated carbocycles. The van der Waals surface area contributed by atoms with Crippen LogP contribution >= 0.6 is 11.6 Å². The van der Waals surface area contributed by atoms with Gasteiger partial charge in [0.2, 0.25) is 0 Å². The third-order valence-corrected chi connectivity index (χ3v) is 5.04. The Bertz CT molecular complexity index is 927. The molecule has 1 amide bonds. The number of aryl methyl sites for hydroxylation is 2. The molecule has 6 nitrogen and oxygen atoms in total. The first-order chi connectivity index (χ1) is 13.6. The molecule has 0 aromatic heterocycles. The van der Waals surface area contributed by atoms with Gasteiger partial charge in [-0.15, -0.1) is 0 Å². The first-order valence-electron chi connectivity index (χ1n) is 9.28. The zero-order chi connectivity index (χ0) is 19.5. The molecule has 2 aromatic rings. The molecular weight excluding hydrogens is 382 g/mol. The summed E-state index contributed by atoms with van der Waals surface area (Å²) in [7, 11) is 0. The predicted molar refractivity (Wildman–Crippen MR) is 104 cm³/mol. The van der Waals surface area contributed by atoms with Gasteiger partial charge >= 0.3 is 5.97 Å². The highest BCUT2D eigenvalue weighted by Crippen LogP contribution is 2.38. The van der Waals surface area contributed by atoms with Crippen LogP contribution in [0.3, 0.4) is 0 Å². The molecule has 0 radical (unpaired) electrons. The molecule has 7 heteroatoms. The second kappa shape index (κ2) is 8.10. The summed E-state index contributed by atoms with van der Waals surface area (Å²) in [5.74, 6) is -0.224. The Morgan fingerprint density at radius 1 is 1.04 bits per heavy atom. The van der Waals surface area contributed by atoms with Gasteiger partial charge in [-0.3, -0.25) is 4.79 Å². The number of ether oxygens (including phenoxy) is 3. The fourth-order valence-corrected chi connectivity index (χ4v) is 3.67. The number of benzene rings is 2. The fourth-order valence-electron chi connectivity index (χ4n) is 3.41. The van der Waals surface area contributed by atoms with Gasteiger partial charge in [0.25, 0.3) is 5.91 Å². The molecule has 0 fully saturated rings. The van der Waals surface area contributed by atoms with Crippen LogP contribution in [-0.2, 0) is 22.4 Å². The van der Waals surface area contributed by atoms with Crippen molar-refractivity contribution in [2.75, 3.05) is 25.1 Å². The molecule has 1 heterocycles. The number of rotatable bonds is 4. The van der Waals surface area contributed by atoms with Crippen molar-refractivity contribution in [3.05, 3.63) is 52.0 Å². The van der Waals surface area contributed by atoms with Gasteiger partial charge in [0.15, 0.2) is 18.1 Å². The van der Waals surface area contributed by atoms with Crippen LogP contribution in [0.4, 0.5) is 5.69 Å². The maximum Gasteiger partial charge on any atom is 0.338 e. The van der Waals surface area contributed by atoms with Gasteiger partial charge in [-0.05, 0) is 54.7 Å². The van der Waals surface area contributed by atoms with E-state index in [1.54, 1.807) is 0 Å². The third-order valence-electron chi connectivity index (χ3n) is 4.75. The Hall–Kier alpha value is -2.73. The minimum Gasteiger partial charge on any atom is -0.489 e. The molecule has 2 aromatic carbocycles. The molecule has 0 saturated heterocycles. The molecule has 0 atom stereocenters. The summed E-state index contributed by atoms with van der Waals surface area (Å²) in [6.07, 6.45) is 3.98. The monoisotopic (exact) mass is 401 g/mol. The van der Waals surface area contributed by atoms with E-state index >= 15 is 0 Å². The average Bonchev–Trinajstić information content (AvgIpc) is 3.01. The minimum absolute atomic E-state index is 0.208. The molecule has 2 aliphatic rings. The highest BCUT2D eigenvalue weighted by Gasteiger charge is 2.20. The Morgan fingerprint density at radius 3 is 2.75 bits per heavy atom. The lowest BCUT2D eigenvalue weighted by Gasteiger charge is -2.12. The lowest BCUT2D eigenvalue weighted by Crippen LogP contribution is -2.21. The zero-order valence-electron chi connectivity index (χ0n) is 15.3.